The number of carbonyl (C=O) groups excluding carboxylic acids is 1. The highest BCUT2D eigenvalue weighted by atomic mass is 32.2. The zero-order valence-electron chi connectivity index (χ0n) is 15.8. The zero-order chi connectivity index (χ0) is 20.2. The second-order valence-corrected chi connectivity index (χ2v) is 9.21. The molecule has 1 N–H and O–H groups in total. The number of nitrogens with one attached hydrogen (secondary N) is 1. The number of hydrogen-bond acceptors (Lipinski definition) is 4. The van der Waals surface area contributed by atoms with Crippen LogP contribution in [-0.2, 0) is 21.4 Å². The maximum absolute atomic E-state index is 12.9. The van der Waals surface area contributed by atoms with Gasteiger partial charge in [-0.15, -0.1) is 0 Å². The Kier molecular flexibility index (Phi) is 5.82. The number of piperidine rings is 1. The van der Waals surface area contributed by atoms with E-state index in [0.29, 0.717) is 24.9 Å². The molecule has 0 aromatic heterocycles. The summed E-state index contributed by atoms with van der Waals surface area (Å²) >= 11 is 0. The molecule has 0 radical (unpaired) electrons. The molecule has 2 aromatic carbocycles. The molecule has 0 atom stereocenters. The van der Waals surface area contributed by atoms with Gasteiger partial charge in [0.05, 0.1) is 16.5 Å². The Hall–Kier alpha value is -2.69. The van der Waals surface area contributed by atoms with Gasteiger partial charge in [-0.1, -0.05) is 43.3 Å². The number of carbonyl (C=O) groups is 1. The summed E-state index contributed by atoms with van der Waals surface area (Å²) in [5, 5.41) is 12.0. The van der Waals surface area contributed by atoms with Gasteiger partial charge in [0, 0.05) is 25.0 Å². The molecule has 0 unspecified atom stereocenters. The fraction of sp³-hybridized carbons (Fsp3) is 0.333. The number of amides is 1. The van der Waals surface area contributed by atoms with Gasteiger partial charge in [0.2, 0.25) is 15.9 Å². The molecule has 0 bridgehead atoms. The van der Waals surface area contributed by atoms with Crippen LogP contribution in [0.5, 0.6) is 0 Å². The second-order valence-electron chi connectivity index (χ2n) is 7.27. The summed E-state index contributed by atoms with van der Waals surface area (Å²) in [6.07, 6.45) is 0.898. The van der Waals surface area contributed by atoms with Gasteiger partial charge < -0.3 is 5.32 Å². The van der Waals surface area contributed by atoms with E-state index in [-0.39, 0.29) is 23.9 Å². The number of rotatable bonds is 5. The molecule has 1 fully saturated rings. The molecule has 1 saturated heterocycles. The Morgan fingerprint density at radius 3 is 2.46 bits per heavy atom. The zero-order valence-corrected chi connectivity index (χ0v) is 16.6. The van der Waals surface area contributed by atoms with E-state index in [2.05, 4.69) is 5.32 Å². The van der Waals surface area contributed by atoms with E-state index < -0.39 is 15.4 Å². The van der Waals surface area contributed by atoms with Crippen molar-refractivity contribution in [2.75, 3.05) is 13.1 Å². The van der Waals surface area contributed by atoms with Crippen LogP contribution in [0.2, 0.25) is 0 Å². The van der Waals surface area contributed by atoms with E-state index in [1.165, 1.54) is 16.4 Å². The second kappa shape index (κ2) is 8.13. The van der Waals surface area contributed by atoms with Crippen molar-refractivity contribution in [3.05, 3.63) is 65.7 Å². The molecule has 146 valence electrons. The van der Waals surface area contributed by atoms with Crippen molar-refractivity contribution in [1.29, 1.82) is 5.26 Å². The first-order chi connectivity index (χ1) is 13.3. The van der Waals surface area contributed by atoms with Crippen molar-refractivity contribution >= 4 is 15.9 Å². The van der Waals surface area contributed by atoms with Gasteiger partial charge in [-0.25, -0.2) is 8.42 Å². The highest BCUT2D eigenvalue weighted by Gasteiger charge is 2.40. The first-order valence-electron chi connectivity index (χ1n) is 9.18. The molecule has 1 aliphatic heterocycles. The first kappa shape index (κ1) is 20.1. The van der Waals surface area contributed by atoms with Crippen LogP contribution < -0.4 is 5.32 Å². The molecule has 1 aliphatic rings. The van der Waals surface area contributed by atoms with Gasteiger partial charge in [-0.2, -0.15) is 9.57 Å². The number of nitrogens with zero attached hydrogens (tertiary/aromatic N) is 2. The lowest BCUT2D eigenvalue weighted by molar-refractivity contribution is -0.132. The van der Waals surface area contributed by atoms with Crippen molar-refractivity contribution in [2.24, 2.45) is 5.41 Å². The third kappa shape index (κ3) is 4.24. The molecule has 1 amide bonds. The summed E-state index contributed by atoms with van der Waals surface area (Å²) in [6, 6.07) is 17.7. The lowest BCUT2D eigenvalue weighted by Gasteiger charge is -2.37. The Labute approximate surface area is 165 Å². The van der Waals surface area contributed by atoms with Gasteiger partial charge in [0.1, 0.15) is 0 Å². The van der Waals surface area contributed by atoms with E-state index >= 15 is 0 Å². The van der Waals surface area contributed by atoms with E-state index in [0.717, 1.165) is 5.56 Å². The topological polar surface area (TPSA) is 90.3 Å². The molecule has 3 rings (SSSR count). The lowest BCUT2D eigenvalue weighted by atomic mass is 9.80. The fourth-order valence-corrected chi connectivity index (χ4v) is 4.80. The average Bonchev–Trinajstić information content (AvgIpc) is 2.73. The third-order valence-electron chi connectivity index (χ3n) is 5.27. The van der Waals surface area contributed by atoms with Gasteiger partial charge in [0.15, 0.2) is 0 Å². The van der Waals surface area contributed by atoms with Crippen LogP contribution in [0.3, 0.4) is 0 Å². The van der Waals surface area contributed by atoms with Crippen LogP contribution in [0.4, 0.5) is 0 Å². The maximum Gasteiger partial charge on any atom is 0.243 e. The van der Waals surface area contributed by atoms with Crippen molar-refractivity contribution in [3.63, 3.8) is 0 Å². The highest BCUT2D eigenvalue weighted by Crippen LogP contribution is 2.33. The Morgan fingerprint density at radius 1 is 1.14 bits per heavy atom. The molecule has 2 aromatic rings. The lowest BCUT2D eigenvalue weighted by Crippen LogP contribution is -2.48. The van der Waals surface area contributed by atoms with Crippen LogP contribution in [0.1, 0.15) is 30.9 Å². The predicted octanol–water partition coefficient (Wildman–Crippen LogP) is 2.67. The summed E-state index contributed by atoms with van der Waals surface area (Å²) < 4.78 is 27.1. The summed E-state index contributed by atoms with van der Waals surface area (Å²) in [7, 11) is -3.68. The summed E-state index contributed by atoms with van der Waals surface area (Å²) in [4.78, 5) is 12.8. The van der Waals surface area contributed by atoms with E-state index in [1.54, 1.807) is 12.1 Å². The molecule has 0 saturated carbocycles. The highest BCUT2D eigenvalue weighted by molar-refractivity contribution is 7.89. The smallest absolute Gasteiger partial charge is 0.243 e. The summed E-state index contributed by atoms with van der Waals surface area (Å²) in [5.74, 6) is -0.0557. The van der Waals surface area contributed by atoms with E-state index in [4.69, 9.17) is 5.26 Å². The van der Waals surface area contributed by atoms with Crippen molar-refractivity contribution in [3.8, 4) is 6.07 Å². The molecular weight excluding hydrogens is 374 g/mol. The predicted molar refractivity (Wildman–Crippen MR) is 106 cm³/mol. The quantitative estimate of drug-likeness (QED) is 0.840. The SMILES string of the molecule is CC1(C(=O)NCc2ccccc2)CCN(S(=O)(=O)c2cccc(C#N)c2)CC1. The number of nitriles is 1. The van der Waals surface area contributed by atoms with Crippen molar-refractivity contribution < 1.29 is 13.2 Å². The Morgan fingerprint density at radius 2 is 1.82 bits per heavy atom. The van der Waals surface area contributed by atoms with Gasteiger partial charge >= 0.3 is 0 Å². The van der Waals surface area contributed by atoms with Gasteiger partial charge in [-0.05, 0) is 36.6 Å². The van der Waals surface area contributed by atoms with Crippen molar-refractivity contribution in [2.45, 2.75) is 31.2 Å². The Bertz CT molecular complexity index is 989. The maximum atomic E-state index is 12.9. The van der Waals surface area contributed by atoms with Gasteiger partial charge in [-0.3, -0.25) is 4.79 Å². The third-order valence-corrected chi connectivity index (χ3v) is 7.17. The monoisotopic (exact) mass is 397 g/mol. The number of benzene rings is 2. The normalized spacial score (nSPS) is 16.9. The summed E-state index contributed by atoms with van der Waals surface area (Å²) in [6.45, 7) is 2.88. The fourth-order valence-electron chi connectivity index (χ4n) is 3.31. The molecular formula is C21H23N3O3S. The van der Waals surface area contributed by atoms with E-state index in [1.807, 2.05) is 43.3 Å². The standard InChI is InChI=1S/C21H23N3O3S/c1-21(20(25)23-16-17-6-3-2-4-7-17)10-12-24(13-11-21)28(26,27)19-9-5-8-18(14-19)15-22/h2-9,14H,10-13,16H2,1H3,(H,23,25). The molecule has 28 heavy (non-hydrogen) atoms. The molecule has 7 heteroatoms. The number of sulfonamides is 1. The average molecular weight is 398 g/mol. The minimum Gasteiger partial charge on any atom is -0.352 e. The van der Waals surface area contributed by atoms with Crippen LogP contribution in [0, 0.1) is 16.7 Å². The van der Waals surface area contributed by atoms with Gasteiger partial charge in [0.25, 0.3) is 0 Å². The molecule has 1 heterocycles. The van der Waals surface area contributed by atoms with Crippen LogP contribution in [-0.4, -0.2) is 31.7 Å². The first-order valence-corrected chi connectivity index (χ1v) is 10.6. The molecule has 0 spiro atoms. The van der Waals surface area contributed by atoms with Crippen molar-refractivity contribution in [1.82, 2.24) is 9.62 Å². The minimum atomic E-state index is -3.68. The van der Waals surface area contributed by atoms with Crippen LogP contribution >= 0.6 is 0 Å². The molecule has 6 nitrogen and oxygen atoms in total. The largest absolute Gasteiger partial charge is 0.352 e. The minimum absolute atomic E-state index is 0.0557. The van der Waals surface area contributed by atoms with Crippen LogP contribution in [0.25, 0.3) is 0 Å². The van der Waals surface area contributed by atoms with E-state index in [9.17, 15) is 13.2 Å². The van der Waals surface area contributed by atoms with Crippen LogP contribution in [0.15, 0.2) is 59.5 Å². The molecule has 0 aliphatic carbocycles. The Balaban J connectivity index is 1.64. The summed E-state index contributed by atoms with van der Waals surface area (Å²) in [5.41, 5.74) is 0.731. The number of hydrogen-bond donors (Lipinski definition) is 1.